The zero-order valence-corrected chi connectivity index (χ0v) is 17.3. The van der Waals surface area contributed by atoms with Gasteiger partial charge in [0.25, 0.3) is 5.91 Å². The SMILES string of the molecule is CCC(C)Oc1ccc(/C=C2/NC(=O)N(CC(=O)Nc3cccc(C)c3)C2=O)cc1. The lowest BCUT2D eigenvalue weighted by Gasteiger charge is -2.12. The lowest BCUT2D eigenvalue weighted by atomic mass is 10.2. The highest BCUT2D eigenvalue weighted by atomic mass is 16.5. The molecule has 7 heteroatoms. The van der Waals surface area contributed by atoms with E-state index in [9.17, 15) is 14.4 Å². The Morgan fingerprint density at radius 3 is 2.60 bits per heavy atom. The van der Waals surface area contributed by atoms with Gasteiger partial charge in [0.1, 0.15) is 18.0 Å². The van der Waals surface area contributed by atoms with Crippen molar-refractivity contribution >= 4 is 29.6 Å². The summed E-state index contributed by atoms with van der Waals surface area (Å²) in [7, 11) is 0. The fourth-order valence-electron chi connectivity index (χ4n) is 2.91. The fraction of sp³-hybridized carbons (Fsp3) is 0.261. The number of nitrogens with zero attached hydrogens (tertiary/aromatic N) is 1. The minimum atomic E-state index is -0.623. The van der Waals surface area contributed by atoms with E-state index >= 15 is 0 Å². The van der Waals surface area contributed by atoms with Crippen molar-refractivity contribution in [2.45, 2.75) is 33.3 Å². The van der Waals surface area contributed by atoms with Crippen molar-refractivity contribution in [3.8, 4) is 5.75 Å². The van der Waals surface area contributed by atoms with Crippen molar-refractivity contribution in [2.24, 2.45) is 0 Å². The monoisotopic (exact) mass is 407 g/mol. The Kier molecular flexibility index (Phi) is 6.51. The van der Waals surface area contributed by atoms with E-state index in [1.54, 1.807) is 24.3 Å². The van der Waals surface area contributed by atoms with Crippen LogP contribution in [0.5, 0.6) is 5.75 Å². The number of imide groups is 1. The Labute approximate surface area is 175 Å². The van der Waals surface area contributed by atoms with Crippen LogP contribution in [0.3, 0.4) is 0 Å². The molecule has 0 aromatic heterocycles. The molecule has 156 valence electrons. The third-order valence-corrected chi connectivity index (χ3v) is 4.67. The zero-order valence-electron chi connectivity index (χ0n) is 17.3. The van der Waals surface area contributed by atoms with Gasteiger partial charge >= 0.3 is 6.03 Å². The highest BCUT2D eigenvalue weighted by Crippen LogP contribution is 2.19. The molecule has 1 atom stereocenters. The second kappa shape index (κ2) is 9.26. The minimum Gasteiger partial charge on any atom is -0.491 e. The molecule has 1 saturated heterocycles. The molecule has 7 nitrogen and oxygen atoms in total. The molecular weight excluding hydrogens is 382 g/mol. The smallest absolute Gasteiger partial charge is 0.329 e. The Bertz CT molecular complexity index is 982. The van der Waals surface area contributed by atoms with Crippen LogP contribution >= 0.6 is 0 Å². The maximum atomic E-state index is 12.6. The van der Waals surface area contributed by atoms with E-state index in [0.29, 0.717) is 5.69 Å². The number of carbonyl (C=O) groups excluding carboxylic acids is 3. The number of urea groups is 1. The Balaban J connectivity index is 1.64. The van der Waals surface area contributed by atoms with Crippen LogP contribution in [0.1, 0.15) is 31.4 Å². The van der Waals surface area contributed by atoms with Crippen LogP contribution in [0.2, 0.25) is 0 Å². The number of nitrogens with one attached hydrogen (secondary N) is 2. The third kappa shape index (κ3) is 5.26. The number of hydrogen-bond donors (Lipinski definition) is 2. The average Bonchev–Trinajstić information content (AvgIpc) is 2.96. The molecule has 1 heterocycles. The van der Waals surface area contributed by atoms with Gasteiger partial charge in [-0.1, -0.05) is 31.2 Å². The summed E-state index contributed by atoms with van der Waals surface area (Å²) in [5.74, 6) is -0.251. The first-order valence-electron chi connectivity index (χ1n) is 9.83. The van der Waals surface area contributed by atoms with Crippen LogP contribution < -0.4 is 15.4 Å². The Morgan fingerprint density at radius 2 is 1.93 bits per heavy atom. The molecule has 0 spiro atoms. The number of ether oxygens (including phenoxy) is 1. The Morgan fingerprint density at radius 1 is 1.20 bits per heavy atom. The van der Waals surface area contributed by atoms with Crippen molar-refractivity contribution in [1.29, 1.82) is 0 Å². The number of rotatable bonds is 7. The summed E-state index contributed by atoms with van der Waals surface area (Å²) < 4.78 is 5.73. The van der Waals surface area contributed by atoms with E-state index in [-0.39, 0.29) is 18.3 Å². The molecule has 0 aliphatic carbocycles. The van der Waals surface area contributed by atoms with Gasteiger partial charge in [0.05, 0.1) is 6.10 Å². The molecule has 1 aliphatic rings. The first-order chi connectivity index (χ1) is 14.4. The predicted molar refractivity (Wildman–Crippen MR) is 115 cm³/mol. The normalized spacial score (nSPS) is 15.8. The summed E-state index contributed by atoms with van der Waals surface area (Å²) in [5.41, 5.74) is 2.47. The van der Waals surface area contributed by atoms with E-state index < -0.39 is 17.8 Å². The van der Waals surface area contributed by atoms with Gasteiger partial charge in [0.2, 0.25) is 5.91 Å². The topological polar surface area (TPSA) is 87.7 Å². The molecule has 0 radical (unpaired) electrons. The van der Waals surface area contributed by atoms with E-state index in [1.807, 2.05) is 51.1 Å². The lowest BCUT2D eigenvalue weighted by molar-refractivity contribution is -0.127. The molecule has 4 amide bonds. The number of carbonyl (C=O) groups is 3. The molecule has 3 rings (SSSR count). The molecule has 2 N–H and O–H groups in total. The zero-order chi connectivity index (χ0) is 21.7. The van der Waals surface area contributed by atoms with E-state index in [2.05, 4.69) is 10.6 Å². The summed E-state index contributed by atoms with van der Waals surface area (Å²) in [4.78, 5) is 37.9. The molecule has 2 aromatic rings. The van der Waals surface area contributed by atoms with E-state index in [1.165, 1.54) is 0 Å². The van der Waals surface area contributed by atoms with Gasteiger partial charge in [-0.05, 0) is 61.7 Å². The van der Waals surface area contributed by atoms with E-state index in [4.69, 9.17) is 4.74 Å². The predicted octanol–water partition coefficient (Wildman–Crippen LogP) is 3.70. The third-order valence-electron chi connectivity index (χ3n) is 4.67. The number of anilines is 1. The van der Waals surface area contributed by atoms with Gasteiger partial charge in [-0.25, -0.2) is 9.69 Å². The molecule has 1 fully saturated rings. The van der Waals surface area contributed by atoms with Crippen molar-refractivity contribution in [3.63, 3.8) is 0 Å². The van der Waals surface area contributed by atoms with Gasteiger partial charge in [-0.15, -0.1) is 0 Å². The summed E-state index contributed by atoms with van der Waals surface area (Å²) in [6, 6.07) is 13.9. The molecule has 0 saturated carbocycles. The second-order valence-electron chi connectivity index (χ2n) is 7.20. The van der Waals surface area contributed by atoms with Crippen LogP contribution in [-0.2, 0) is 9.59 Å². The second-order valence-corrected chi connectivity index (χ2v) is 7.20. The summed E-state index contributed by atoms with van der Waals surface area (Å²) in [6.45, 7) is 5.59. The maximum absolute atomic E-state index is 12.6. The number of benzene rings is 2. The van der Waals surface area contributed by atoms with Gasteiger partial charge in [-0.2, -0.15) is 0 Å². The number of amides is 4. The molecular formula is C23H25N3O4. The quantitative estimate of drug-likeness (QED) is 0.541. The molecule has 0 bridgehead atoms. The van der Waals surface area contributed by atoms with E-state index in [0.717, 1.165) is 28.2 Å². The highest BCUT2D eigenvalue weighted by molar-refractivity contribution is 6.15. The van der Waals surface area contributed by atoms with Crippen molar-refractivity contribution < 1.29 is 19.1 Å². The van der Waals surface area contributed by atoms with Crippen LogP contribution in [0, 0.1) is 6.92 Å². The summed E-state index contributed by atoms with van der Waals surface area (Å²) in [5, 5.41) is 5.22. The van der Waals surface area contributed by atoms with Gasteiger partial charge in [0, 0.05) is 5.69 Å². The highest BCUT2D eigenvalue weighted by Gasteiger charge is 2.34. The fourth-order valence-corrected chi connectivity index (χ4v) is 2.91. The van der Waals surface area contributed by atoms with Gasteiger partial charge in [-0.3, -0.25) is 9.59 Å². The maximum Gasteiger partial charge on any atom is 0.329 e. The number of aryl methyl sites for hydroxylation is 1. The van der Waals surface area contributed by atoms with Crippen molar-refractivity contribution in [2.75, 3.05) is 11.9 Å². The number of hydrogen-bond acceptors (Lipinski definition) is 4. The van der Waals surface area contributed by atoms with Crippen LogP contribution in [0.25, 0.3) is 6.08 Å². The average molecular weight is 407 g/mol. The molecule has 2 aromatic carbocycles. The van der Waals surface area contributed by atoms with Crippen LogP contribution in [-0.4, -0.2) is 35.4 Å². The molecule has 30 heavy (non-hydrogen) atoms. The first kappa shape index (κ1) is 21.1. The Hall–Kier alpha value is -3.61. The standard InChI is InChI=1S/C23H25N3O4/c1-4-16(3)30-19-10-8-17(9-11-19)13-20-22(28)26(23(29)25-20)14-21(27)24-18-7-5-6-15(2)12-18/h5-13,16H,4,14H2,1-3H3,(H,24,27)(H,25,29)/b20-13+. The van der Waals surface area contributed by atoms with Gasteiger partial charge < -0.3 is 15.4 Å². The van der Waals surface area contributed by atoms with Crippen LogP contribution in [0.15, 0.2) is 54.2 Å². The minimum absolute atomic E-state index is 0.115. The largest absolute Gasteiger partial charge is 0.491 e. The lowest BCUT2D eigenvalue weighted by Crippen LogP contribution is -2.38. The molecule has 1 aliphatic heterocycles. The molecule has 1 unspecified atom stereocenters. The van der Waals surface area contributed by atoms with Gasteiger partial charge in [0.15, 0.2) is 0 Å². The summed E-state index contributed by atoms with van der Waals surface area (Å²) >= 11 is 0. The summed E-state index contributed by atoms with van der Waals surface area (Å²) in [6.07, 6.45) is 2.59. The van der Waals surface area contributed by atoms with Crippen molar-refractivity contribution in [1.82, 2.24) is 10.2 Å². The van der Waals surface area contributed by atoms with Crippen LogP contribution in [0.4, 0.5) is 10.5 Å². The first-order valence-corrected chi connectivity index (χ1v) is 9.83. The van der Waals surface area contributed by atoms with Crippen molar-refractivity contribution in [3.05, 3.63) is 65.4 Å².